The van der Waals surface area contributed by atoms with Crippen molar-refractivity contribution in [2.75, 3.05) is 12.4 Å². The first-order valence-electron chi connectivity index (χ1n) is 9.56. The lowest BCUT2D eigenvalue weighted by atomic mass is 10.2. The van der Waals surface area contributed by atoms with Gasteiger partial charge in [-0.2, -0.15) is 0 Å². The van der Waals surface area contributed by atoms with Crippen molar-refractivity contribution < 1.29 is 14.3 Å². The number of hydrogen-bond donors (Lipinski definition) is 1. The molecule has 0 aliphatic rings. The van der Waals surface area contributed by atoms with E-state index in [9.17, 15) is 4.79 Å². The Labute approximate surface area is 176 Å². The van der Waals surface area contributed by atoms with Gasteiger partial charge < -0.3 is 14.8 Å². The molecule has 0 aliphatic carbocycles. The SMILES string of the molecule is CC[C@H](Oc1ccc(OC)cc1)C(=O)Nc1ccc(CSc2ccccc2)cc1. The van der Waals surface area contributed by atoms with Crippen LogP contribution in [0, 0.1) is 0 Å². The van der Waals surface area contributed by atoms with Crippen LogP contribution in [-0.4, -0.2) is 19.1 Å². The summed E-state index contributed by atoms with van der Waals surface area (Å²) in [7, 11) is 1.61. The Morgan fingerprint density at radius 3 is 2.21 bits per heavy atom. The summed E-state index contributed by atoms with van der Waals surface area (Å²) >= 11 is 1.79. The summed E-state index contributed by atoms with van der Waals surface area (Å²) in [6.07, 6.45) is 0.0145. The zero-order valence-corrected chi connectivity index (χ0v) is 17.4. The van der Waals surface area contributed by atoms with Crippen molar-refractivity contribution in [2.45, 2.75) is 30.1 Å². The number of methoxy groups -OCH3 is 1. The van der Waals surface area contributed by atoms with Gasteiger partial charge in [0.2, 0.25) is 0 Å². The molecule has 0 bridgehead atoms. The number of hydrogen-bond acceptors (Lipinski definition) is 4. The third-order valence-corrected chi connectivity index (χ3v) is 5.45. The highest BCUT2D eigenvalue weighted by Gasteiger charge is 2.18. The van der Waals surface area contributed by atoms with Crippen molar-refractivity contribution in [3.8, 4) is 11.5 Å². The van der Waals surface area contributed by atoms with Crippen LogP contribution in [0.15, 0.2) is 83.8 Å². The number of ether oxygens (including phenoxy) is 2. The molecule has 150 valence electrons. The fraction of sp³-hybridized carbons (Fsp3) is 0.208. The highest BCUT2D eigenvalue weighted by atomic mass is 32.2. The zero-order chi connectivity index (χ0) is 20.5. The molecule has 0 radical (unpaired) electrons. The number of thioether (sulfide) groups is 1. The van der Waals surface area contributed by atoms with Crippen LogP contribution in [0.3, 0.4) is 0 Å². The fourth-order valence-corrected chi connectivity index (χ4v) is 3.61. The molecular weight excluding hydrogens is 382 g/mol. The summed E-state index contributed by atoms with van der Waals surface area (Å²) in [5, 5.41) is 2.94. The van der Waals surface area contributed by atoms with E-state index in [1.54, 1.807) is 31.0 Å². The van der Waals surface area contributed by atoms with E-state index in [0.29, 0.717) is 12.2 Å². The van der Waals surface area contributed by atoms with Gasteiger partial charge in [0.25, 0.3) is 5.91 Å². The first kappa shape index (κ1) is 20.8. The van der Waals surface area contributed by atoms with Gasteiger partial charge in [-0.25, -0.2) is 0 Å². The van der Waals surface area contributed by atoms with E-state index in [4.69, 9.17) is 9.47 Å². The Bertz CT molecular complexity index is 896. The molecule has 0 spiro atoms. The zero-order valence-electron chi connectivity index (χ0n) is 16.6. The van der Waals surface area contributed by atoms with Crippen molar-refractivity contribution in [3.63, 3.8) is 0 Å². The van der Waals surface area contributed by atoms with Gasteiger partial charge in [-0.1, -0.05) is 37.3 Å². The lowest BCUT2D eigenvalue weighted by Crippen LogP contribution is -2.32. The maximum atomic E-state index is 12.6. The van der Waals surface area contributed by atoms with E-state index >= 15 is 0 Å². The number of carbonyl (C=O) groups excluding carboxylic acids is 1. The van der Waals surface area contributed by atoms with Crippen LogP contribution in [0.4, 0.5) is 5.69 Å². The maximum Gasteiger partial charge on any atom is 0.265 e. The van der Waals surface area contributed by atoms with Gasteiger partial charge in [-0.3, -0.25) is 4.79 Å². The molecular formula is C24H25NO3S. The normalized spacial score (nSPS) is 11.5. The lowest BCUT2D eigenvalue weighted by Gasteiger charge is -2.17. The van der Waals surface area contributed by atoms with Crippen LogP contribution < -0.4 is 14.8 Å². The van der Waals surface area contributed by atoms with E-state index in [-0.39, 0.29) is 5.91 Å². The summed E-state index contributed by atoms with van der Waals surface area (Å²) in [6, 6.07) is 25.5. The van der Waals surface area contributed by atoms with E-state index in [1.807, 2.05) is 61.5 Å². The van der Waals surface area contributed by atoms with Crippen LogP contribution in [0.1, 0.15) is 18.9 Å². The van der Waals surface area contributed by atoms with E-state index < -0.39 is 6.10 Å². The topological polar surface area (TPSA) is 47.6 Å². The van der Waals surface area contributed by atoms with E-state index in [0.717, 1.165) is 17.2 Å². The molecule has 3 aromatic carbocycles. The van der Waals surface area contributed by atoms with Crippen LogP contribution in [0.5, 0.6) is 11.5 Å². The smallest absolute Gasteiger partial charge is 0.265 e. The van der Waals surface area contributed by atoms with Gasteiger partial charge in [-0.15, -0.1) is 11.8 Å². The molecule has 3 rings (SSSR count). The Morgan fingerprint density at radius 2 is 1.59 bits per heavy atom. The molecule has 4 nitrogen and oxygen atoms in total. The van der Waals surface area contributed by atoms with E-state index in [2.05, 4.69) is 17.4 Å². The molecule has 0 aliphatic heterocycles. The molecule has 0 heterocycles. The first-order chi connectivity index (χ1) is 14.2. The summed E-state index contributed by atoms with van der Waals surface area (Å²) in [4.78, 5) is 13.8. The Hall–Kier alpha value is -2.92. The monoisotopic (exact) mass is 407 g/mol. The third-order valence-electron chi connectivity index (χ3n) is 4.37. The molecule has 3 aromatic rings. The van der Waals surface area contributed by atoms with Crippen LogP contribution >= 0.6 is 11.8 Å². The highest BCUT2D eigenvalue weighted by Crippen LogP contribution is 2.23. The third kappa shape index (κ3) is 6.29. The fourth-order valence-electron chi connectivity index (χ4n) is 2.73. The molecule has 0 fully saturated rings. The highest BCUT2D eigenvalue weighted by molar-refractivity contribution is 7.98. The standard InChI is InChI=1S/C24H25NO3S/c1-3-23(28-21-15-13-20(27-2)14-16-21)24(26)25-19-11-9-18(10-12-19)17-29-22-7-5-4-6-8-22/h4-16,23H,3,17H2,1-2H3,(H,25,26)/t23-/m0/s1. The predicted molar refractivity (Wildman–Crippen MR) is 119 cm³/mol. The Balaban J connectivity index is 1.54. The number of benzene rings is 3. The first-order valence-corrected chi connectivity index (χ1v) is 10.5. The second-order valence-corrected chi connectivity index (χ2v) is 7.53. The quantitative estimate of drug-likeness (QED) is 0.457. The van der Waals surface area contributed by atoms with Crippen molar-refractivity contribution in [3.05, 3.63) is 84.4 Å². The van der Waals surface area contributed by atoms with Gasteiger partial charge >= 0.3 is 0 Å². The van der Waals surface area contributed by atoms with Gasteiger partial charge in [0.1, 0.15) is 11.5 Å². The minimum atomic E-state index is -0.559. The molecule has 0 aromatic heterocycles. The van der Waals surface area contributed by atoms with Crippen molar-refractivity contribution in [1.29, 1.82) is 0 Å². The summed E-state index contributed by atoms with van der Waals surface area (Å²) < 4.78 is 11.0. The van der Waals surface area contributed by atoms with Gasteiger partial charge in [0, 0.05) is 16.3 Å². The minimum Gasteiger partial charge on any atom is -0.497 e. The summed E-state index contributed by atoms with van der Waals surface area (Å²) in [6.45, 7) is 1.93. The van der Waals surface area contributed by atoms with Gasteiger partial charge in [0.05, 0.1) is 7.11 Å². The Kier molecular flexibility index (Phi) is 7.59. The average molecular weight is 408 g/mol. The largest absolute Gasteiger partial charge is 0.497 e. The van der Waals surface area contributed by atoms with Crippen LogP contribution in [-0.2, 0) is 10.5 Å². The summed E-state index contributed by atoms with van der Waals surface area (Å²) in [5.74, 6) is 2.12. The van der Waals surface area contributed by atoms with Gasteiger partial charge in [0.15, 0.2) is 6.10 Å². The molecule has 1 atom stereocenters. The second kappa shape index (κ2) is 10.6. The van der Waals surface area contributed by atoms with Crippen molar-refractivity contribution in [2.24, 2.45) is 0 Å². The molecule has 0 saturated carbocycles. The minimum absolute atomic E-state index is 0.158. The second-order valence-electron chi connectivity index (χ2n) is 6.48. The lowest BCUT2D eigenvalue weighted by molar-refractivity contribution is -0.122. The number of anilines is 1. The number of amides is 1. The van der Waals surface area contributed by atoms with Crippen LogP contribution in [0.2, 0.25) is 0 Å². The summed E-state index contributed by atoms with van der Waals surface area (Å²) in [5.41, 5.74) is 1.97. The Morgan fingerprint density at radius 1 is 0.931 bits per heavy atom. The number of rotatable bonds is 9. The predicted octanol–water partition coefficient (Wildman–Crippen LogP) is 5.78. The number of nitrogens with one attached hydrogen (secondary N) is 1. The molecule has 1 amide bonds. The maximum absolute atomic E-state index is 12.6. The van der Waals surface area contributed by atoms with Crippen molar-refractivity contribution >= 4 is 23.4 Å². The van der Waals surface area contributed by atoms with E-state index in [1.165, 1.54) is 10.5 Å². The molecule has 1 N–H and O–H groups in total. The number of carbonyl (C=O) groups is 1. The molecule has 29 heavy (non-hydrogen) atoms. The molecule has 0 saturated heterocycles. The van der Waals surface area contributed by atoms with Crippen molar-refractivity contribution in [1.82, 2.24) is 0 Å². The van der Waals surface area contributed by atoms with Gasteiger partial charge in [-0.05, 0) is 60.5 Å². The average Bonchev–Trinajstić information content (AvgIpc) is 2.78. The molecule has 0 unspecified atom stereocenters. The van der Waals surface area contributed by atoms with Crippen LogP contribution in [0.25, 0.3) is 0 Å². The molecule has 5 heteroatoms.